The van der Waals surface area contributed by atoms with Crippen molar-refractivity contribution in [2.45, 2.75) is 26.3 Å². The molecule has 1 rings (SSSR count). The number of nitrogens with zero attached hydrogens (tertiary/aromatic N) is 3. The van der Waals surface area contributed by atoms with E-state index in [1.807, 2.05) is 0 Å². The first-order valence-corrected chi connectivity index (χ1v) is 5.55. The Bertz CT molecular complexity index is 404. The summed E-state index contributed by atoms with van der Waals surface area (Å²) in [4.78, 5) is 24.4. The number of carbonyl (C=O) groups is 2. The van der Waals surface area contributed by atoms with Crippen molar-refractivity contribution >= 4 is 23.4 Å². The highest BCUT2D eigenvalue weighted by Crippen LogP contribution is 2.14. The number of rotatable bonds is 4. The van der Waals surface area contributed by atoms with E-state index in [4.69, 9.17) is 5.11 Å². The quantitative estimate of drug-likeness (QED) is 0.845. The summed E-state index contributed by atoms with van der Waals surface area (Å²) in [5, 5.41) is 12.7. The maximum atomic E-state index is 11.9. The van der Waals surface area contributed by atoms with Gasteiger partial charge in [0.15, 0.2) is 0 Å². The number of amides is 1. The van der Waals surface area contributed by atoms with Crippen LogP contribution in [0.5, 0.6) is 0 Å². The van der Waals surface area contributed by atoms with Gasteiger partial charge in [-0.05, 0) is 24.9 Å². The molecule has 88 valence electrons. The summed E-state index contributed by atoms with van der Waals surface area (Å²) in [5.41, 5.74) is 0.530. The largest absolute Gasteiger partial charge is 0.480 e. The summed E-state index contributed by atoms with van der Waals surface area (Å²) in [6, 6.07) is -0.811. The normalized spacial score (nSPS) is 12.2. The van der Waals surface area contributed by atoms with E-state index < -0.39 is 12.0 Å². The molecular formula is C9H13N3O3S. The molecule has 1 amide bonds. The van der Waals surface area contributed by atoms with Gasteiger partial charge in [0.05, 0.1) is 5.69 Å². The molecule has 16 heavy (non-hydrogen) atoms. The number of hydrogen-bond donors (Lipinski definition) is 1. The van der Waals surface area contributed by atoms with Crippen LogP contribution in [0, 0.1) is 6.92 Å². The SMILES string of the molecule is CCC(C(=O)O)N(C)C(=O)c1snnc1C. The average Bonchev–Trinajstić information content (AvgIpc) is 2.63. The first-order valence-electron chi connectivity index (χ1n) is 4.78. The molecule has 0 bridgehead atoms. The Hall–Kier alpha value is -1.50. The number of aromatic nitrogens is 2. The predicted octanol–water partition coefficient (Wildman–Crippen LogP) is 0.782. The van der Waals surface area contributed by atoms with Crippen molar-refractivity contribution in [1.82, 2.24) is 14.5 Å². The van der Waals surface area contributed by atoms with E-state index in [1.165, 1.54) is 11.9 Å². The molecule has 1 N–H and O–H groups in total. The summed E-state index contributed by atoms with van der Waals surface area (Å²) >= 11 is 0.980. The minimum absolute atomic E-state index is 0.346. The summed E-state index contributed by atoms with van der Waals surface area (Å²) < 4.78 is 3.65. The van der Waals surface area contributed by atoms with E-state index in [0.29, 0.717) is 17.0 Å². The van der Waals surface area contributed by atoms with Crippen LogP contribution in [0.4, 0.5) is 0 Å². The zero-order valence-electron chi connectivity index (χ0n) is 9.30. The van der Waals surface area contributed by atoms with Crippen LogP contribution >= 0.6 is 11.5 Å². The minimum Gasteiger partial charge on any atom is -0.480 e. The highest BCUT2D eigenvalue weighted by molar-refractivity contribution is 7.07. The van der Waals surface area contributed by atoms with Crippen molar-refractivity contribution in [3.8, 4) is 0 Å². The van der Waals surface area contributed by atoms with Crippen molar-refractivity contribution in [3.63, 3.8) is 0 Å². The third-order valence-electron chi connectivity index (χ3n) is 2.31. The molecule has 0 aliphatic rings. The van der Waals surface area contributed by atoms with E-state index in [-0.39, 0.29) is 5.91 Å². The lowest BCUT2D eigenvalue weighted by molar-refractivity contribution is -0.142. The topological polar surface area (TPSA) is 83.4 Å². The first-order chi connectivity index (χ1) is 7.49. The molecule has 7 heteroatoms. The maximum Gasteiger partial charge on any atom is 0.326 e. The molecule has 0 saturated carbocycles. The van der Waals surface area contributed by atoms with Crippen molar-refractivity contribution < 1.29 is 14.7 Å². The number of carboxylic acid groups (broad SMARTS) is 1. The van der Waals surface area contributed by atoms with Gasteiger partial charge in [0.1, 0.15) is 10.9 Å². The van der Waals surface area contributed by atoms with Crippen molar-refractivity contribution in [3.05, 3.63) is 10.6 Å². The van der Waals surface area contributed by atoms with E-state index in [2.05, 4.69) is 9.59 Å². The highest BCUT2D eigenvalue weighted by atomic mass is 32.1. The second kappa shape index (κ2) is 5.02. The molecule has 1 aromatic rings. The highest BCUT2D eigenvalue weighted by Gasteiger charge is 2.27. The summed E-state index contributed by atoms with van der Waals surface area (Å²) in [6.07, 6.45) is 0.364. The molecule has 0 aliphatic heterocycles. The molecule has 0 spiro atoms. The van der Waals surface area contributed by atoms with Gasteiger partial charge in [-0.2, -0.15) is 0 Å². The van der Waals surface area contributed by atoms with Gasteiger partial charge in [-0.15, -0.1) is 5.10 Å². The van der Waals surface area contributed by atoms with Crippen LogP contribution < -0.4 is 0 Å². The van der Waals surface area contributed by atoms with Crippen LogP contribution in [-0.2, 0) is 4.79 Å². The Labute approximate surface area is 97.1 Å². The van der Waals surface area contributed by atoms with Crippen LogP contribution in [0.3, 0.4) is 0 Å². The van der Waals surface area contributed by atoms with E-state index in [1.54, 1.807) is 13.8 Å². The van der Waals surface area contributed by atoms with Gasteiger partial charge < -0.3 is 10.0 Å². The van der Waals surface area contributed by atoms with Crippen molar-refractivity contribution in [2.24, 2.45) is 0 Å². The van der Waals surface area contributed by atoms with Crippen LogP contribution in [0.25, 0.3) is 0 Å². The van der Waals surface area contributed by atoms with Crippen LogP contribution in [0.15, 0.2) is 0 Å². The van der Waals surface area contributed by atoms with Gasteiger partial charge in [-0.3, -0.25) is 4.79 Å². The lowest BCUT2D eigenvalue weighted by Gasteiger charge is -2.22. The Morgan fingerprint density at radius 1 is 1.56 bits per heavy atom. The molecule has 1 heterocycles. The number of aliphatic carboxylic acids is 1. The zero-order chi connectivity index (χ0) is 12.3. The van der Waals surface area contributed by atoms with Crippen LogP contribution in [0.1, 0.15) is 28.7 Å². The standard InChI is InChI=1S/C9H13N3O3S/c1-4-6(9(14)15)12(3)8(13)7-5(2)10-11-16-7/h6H,4H2,1-3H3,(H,14,15). The third-order valence-corrected chi connectivity index (χ3v) is 3.12. The fourth-order valence-electron chi connectivity index (χ4n) is 1.34. The Morgan fingerprint density at radius 3 is 2.56 bits per heavy atom. The lowest BCUT2D eigenvalue weighted by atomic mass is 10.2. The third kappa shape index (κ3) is 2.35. The molecule has 6 nitrogen and oxygen atoms in total. The van der Waals surface area contributed by atoms with E-state index >= 15 is 0 Å². The molecule has 0 fully saturated rings. The molecule has 0 aromatic carbocycles. The zero-order valence-corrected chi connectivity index (χ0v) is 10.1. The van der Waals surface area contributed by atoms with Gasteiger partial charge in [0, 0.05) is 7.05 Å². The van der Waals surface area contributed by atoms with Gasteiger partial charge in [-0.1, -0.05) is 11.4 Å². The Balaban J connectivity index is 2.90. The second-order valence-corrected chi connectivity index (χ2v) is 4.12. The van der Waals surface area contributed by atoms with Gasteiger partial charge in [0.25, 0.3) is 5.91 Å². The molecule has 1 unspecified atom stereocenters. The predicted molar refractivity (Wildman–Crippen MR) is 58.5 cm³/mol. The molecule has 0 radical (unpaired) electrons. The smallest absolute Gasteiger partial charge is 0.326 e. The summed E-state index contributed by atoms with van der Waals surface area (Å²) in [5.74, 6) is -1.35. The molecule has 1 atom stereocenters. The van der Waals surface area contributed by atoms with Crippen molar-refractivity contribution in [1.29, 1.82) is 0 Å². The number of carboxylic acids is 1. The first kappa shape index (κ1) is 12.6. The molecule has 0 aliphatic carbocycles. The molecule has 1 aromatic heterocycles. The number of hydrogen-bond acceptors (Lipinski definition) is 5. The Morgan fingerprint density at radius 2 is 2.19 bits per heavy atom. The molecular weight excluding hydrogens is 230 g/mol. The second-order valence-electron chi connectivity index (χ2n) is 3.37. The Kier molecular flexibility index (Phi) is 3.94. The average molecular weight is 243 g/mol. The lowest BCUT2D eigenvalue weighted by Crippen LogP contribution is -2.41. The van der Waals surface area contributed by atoms with E-state index in [9.17, 15) is 9.59 Å². The fraction of sp³-hybridized carbons (Fsp3) is 0.556. The summed E-state index contributed by atoms with van der Waals surface area (Å²) in [7, 11) is 1.48. The van der Waals surface area contributed by atoms with Crippen molar-refractivity contribution in [2.75, 3.05) is 7.05 Å². The van der Waals surface area contributed by atoms with E-state index in [0.717, 1.165) is 11.5 Å². The summed E-state index contributed by atoms with van der Waals surface area (Å²) in [6.45, 7) is 3.40. The monoisotopic (exact) mass is 243 g/mol. The minimum atomic E-state index is -1.01. The number of carbonyl (C=O) groups excluding carboxylic acids is 1. The fourth-order valence-corrected chi connectivity index (χ4v) is 1.98. The maximum absolute atomic E-state index is 11.9. The van der Waals surface area contributed by atoms with Gasteiger partial charge in [-0.25, -0.2) is 4.79 Å². The van der Waals surface area contributed by atoms with Gasteiger partial charge >= 0.3 is 5.97 Å². The van der Waals surface area contributed by atoms with Crippen LogP contribution in [0.2, 0.25) is 0 Å². The number of aryl methyl sites for hydroxylation is 1. The van der Waals surface area contributed by atoms with Gasteiger partial charge in [0.2, 0.25) is 0 Å². The number of likely N-dealkylation sites (N-methyl/N-ethyl adjacent to an activating group) is 1. The van der Waals surface area contributed by atoms with Crippen LogP contribution in [-0.4, -0.2) is 44.6 Å². The molecule has 0 saturated heterocycles.